The molecular weight excluding hydrogens is 504 g/mol. The zero-order valence-corrected chi connectivity index (χ0v) is 20.9. The fourth-order valence-corrected chi connectivity index (χ4v) is 4.96. The van der Waals surface area contributed by atoms with Gasteiger partial charge in [0.1, 0.15) is 34.8 Å². The topological polar surface area (TPSA) is 78.1 Å². The van der Waals surface area contributed by atoms with Crippen LogP contribution in [0.2, 0.25) is 0 Å². The molecule has 3 aromatic heterocycles. The highest BCUT2D eigenvalue weighted by Gasteiger charge is 2.51. The van der Waals surface area contributed by atoms with E-state index in [0.717, 1.165) is 30.5 Å². The van der Waals surface area contributed by atoms with Crippen LogP contribution in [0, 0.1) is 12.7 Å². The Balaban J connectivity index is 1.52. The second kappa shape index (κ2) is 8.35. The maximum absolute atomic E-state index is 15.2. The SMILES string of the molecule is Cc1nc2c(-c3ccc(C(F)(F)F)cc3F)nc(N3C[C@H](c4cnn(C)c4)OC4(CC4)C3)cc2c(=O)n1C. The van der Waals surface area contributed by atoms with Crippen LogP contribution in [0.1, 0.15) is 35.9 Å². The molecule has 4 aromatic rings. The minimum atomic E-state index is -4.70. The van der Waals surface area contributed by atoms with Gasteiger partial charge in [-0.05, 0) is 44.0 Å². The van der Waals surface area contributed by atoms with Gasteiger partial charge in [-0.3, -0.25) is 14.0 Å². The summed E-state index contributed by atoms with van der Waals surface area (Å²) in [6, 6.07) is 3.91. The molecule has 1 spiro atoms. The van der Waals surface area contributed by atoms with Crippen molar-refractivity contribution < 1.29 is 22.3 Å². The highest BCUT2D eigenvalue weighted by molar-refractivity contribution is 5.93. The predicted molar refractivity (Wildman–Crippen MR) is 131 cm³/mol. The molecule has 1 saturated heterocycles. The molecule has 2 fully saturated rings. The minimum Gasteiger partial charge on any atom is -0.363 e. The van der Waals surface area contributed by atoms with Crippen molar-refractivity contribution in [2.45, 2.75) is 37.6 Å². The van der Waals surface area contributed by atoms with E-state index >= 15 is 4.39 Å². The molecule has 0 N–H and O–H groups in total. The van der Waals surface area contributed by atoms with Crippen molar-refractivity contribution in [2.24, 2.45) is 14.1 Å². The molecule has 0 radical (unpaired) electrons. The van der Waals surface area contributed by atoms with E-state index in [1.54, 1.807) is 30.9 Å². The number of fused-ring (bicyclic) bond motifs is 1. The number of aryl methyl sites for hydroxylation is 2. The first-order chi connectivity index (χ1) is 17.9. The molecule has 198 valence electrons. The maximum atomic E-state index is 15.2. The summed E-state index contributed by atoms with van der Waals surface area (Å²) in [5.41, 5.74) is -0.962. The Hall–Kier alpha value is -3.80. The van der Waals surface area contributed by atoms with E-state index in [9.17, 15) is 18.0 Å². The number of hydrogen-bond acceptors (Lipinski definition) is 6. The lowest BCUT2D eigenvalue weighted by atomic mass is 10.0. The summed E-state index contributed by atoms with van der Waals surface area (Å²) in [5, 5.41) is 4.45. The van der Waals surface area contributed by atoms with Gasteiger partial charge in [0.2, 0.25) is 0 Å². The monoisotopic (exact) mass is 528 g/mol. The molecule has 1 atom stereocenters. The van der Waals surface area contributed by atoms with Crippen LogP contribution in [0.5, 0.6) is 0 Å². The Morgan fingerprint density at radius 1 is 1.13 bits per heavy atom. The molecular formula is C26H24F4N6O2. The highest BCUT2D eigenvalue weighted by atomic mass is 19.4. The first-order valence-corrected chi connectivity index (χ1v) is 12.1. The molecule has 6 rings (SSSR count). The lowest BCUT2D eigenvalue weighted by molar-refractivity contribution is -0.137. The third-order valence-electron chi connectivity index (χ3n) is 7.31. The largest absolute Gasteiger partial charge is 0.416 e. The van der Waals surface area contributed by atoms with Crippen LogP contribution >= 0.6 is 0 Å². The van der Waals surface area contributed by atoms with Gasteiger partial charge >= 0.3 is 6.18 Å². The van der Waals surface area contributed by atoms with Crippen molar-refractivity contribution in [3.05, 3.63) is 69.8 Å². The van der Waals surface area contributed by atoms with E-state index in [0.29, 0.717) is 30.8 Å². The molecule has 38 heavy (non-hydrogen) atoms. The zero-order chi connectivity index (χ0) is 27.0. The van der Waals surface area contributed by atoms with E-state index in [2.05, 4.69) is 10.1 Å². The van der Waals surface area contributed by atoms with Gasteiger partial charge in [0.05, 0.1) is 29.3 Å². The van der Waals surface area contributed by atoms with Crippen molar-refractivity contribution in [3.63, 3.8) is 0 Å². The predicted octanol–water partition coefficient (Wildman–Crippen LogP) is 4.31. The molecule has 0 bridgehead atoms. The van der Waals surface area contributed by atoms with Gasteiger partial charge in [0.15, 0.2) is 0 Å². The normalized spacial score (nSPS) is 18.9. The standard InChI is InChI=1S/C26H24F4N6O2/c1-14-32-23-18(24(37)35(14)3)9-21(33-22(23)17-5-4-16(8-19(17)27)26(28,29)30)36-12-20(15-10-31-34(2)11-15)38-25(13-36)6-7-25/h4-5,8-11,20H,6-7,12-13H2,1-3H3/t20-/m1/s1. The van der Waals surface area contributed by atoms with Gasteiger partial charge in [0.25, 0.3) is 5.56 Å². The number of benzene rings is 1. The lowest BCUT2D eigenvalue weighted by Gasteiger charge is -2.39. The van der Waals surface area contributed by atoms with Crippen LogP contribution in [-0.2, 0) is 25.0 Å². The molecule has 0 amide bonds. The van der Waals surface area contributed by atoms with Crippen molar-refractivity contribution >= 4 is 16.7 Å². The minimum absolute atomic E-state index is 0.0128. The second-order valence-electron chi connectivity index (χ2n) is 10.1. The summed E-state index contributed by atoms with van der Waals surface area (Å²) in [4.78, 5) is 24.4. The average Bonchev–Trinajstić information content (AvgIpc) is 3.45. The highest BCUT2D eigenvalue weighted by Crippen LogP contribution is 2.48. The summed E-state index contributed by atoms with van der Waals surface area (Å²) in [6.45, 7) is 2.54. The summed E-state index contributed by atoms with van der Waals surface area (Å²) in [6.07, 6.45) is 0.332. The van der Waals surface area contributed by atoms with E-state index in [4.69, 9.17) is 9.72 Å². The number of anilines is 1. The van der Waals surface area contributed by atoms with Crippen molar-refractivity contribution in [3.8, 4) is 11.3 Å². The van der Waals surface area contributed by atoms with E-state index in [1.165, 1.54) is 4.57 Å². The summed E-state index contributed by atoms with van der Waals surface area (Å²) in [5.74, 6) is -0.330. The van der Waals surface area contributed by atoms with Crippen LogP contribution in [0.4, 0.5) is 23.4 Å². The molecule has 8 nitrogen and oxygen atoms in total. The number of halogens is 4. The van der Waals surface area contributed by atoms with Crippen molar-refractivity contribution in [1.82, 2.24) is 24.3 Å². The quantitative estimate of drug-likeness (QED) is 0.369. The smallest absolute Gasteiger partial charge is 0.363 e. The number of pyridine rings is 1. The Kier molecular flexibility index (Phi) is 5.39. The van der Waals surface area contributed by atoms with Gasteiger partial charge in [0, 0.05) is 38.0 Å². The Morgan fingerprint density at radius 2 is 1.89 bits per heavy atom. The Morgan fingerprint density at radius 3 is 2.53 bits per heavy atom. The molecule has 1 aromatic carbocycles. The van der Waals surface area contributed by atoms with Crippen LogP contribution in [0.3, 0.4) is 0 Å². The van der Waals surface area contributed by atoms with Gasteiger partial charge in [-0.25, -0.2) is 14.4 Å². The number of rotatable bonds is 3. The van der Waals surface area contributed by atoms with Crippen molar-refractivity contribution in [1.29, 1.82) is 0 Å². The molecule has 1 aliphatic heterocycles. The Bertz CT molecular complexity index is 1640. The molecule has 1 aliphatic carbocycles. The zero-order valence-electron chi connectivity index (χ0n) is 20.9. The third-order valence-corrected chi connectivity index (χ3v) is 7.31. The first kappa shape index (κ1) is 24.5. The van der Waals surface area contributed by atoms with E-state index in [-0.39, 0.29) is 39.4 Å². The second-order valence-corrected chi connectivity index (χ2v) is 10.1. The fourth-order valence-electron chi connectivity index (χ4n) is 4.96. The molecule has 12 heteroatoms. The summed E-state index contributed by atoms with van der Waals surface area (Å²) >= 11 is 0. The third kappa shape index (κ3) is 4.12. The molecule has 1 saturated carbocycles. The van der Waals surface area contributed by atoms with Gasteiger partial charge in [-0.1, -0.05) is 0 Å². The lowest BCUT2D eigenvalue weighted by Crippen LogP contribution is -2.46. The maximum Gasteiger partial charge on any atom is 0.416 e. The van der Waals surface area contributed by atoms with Gasteiger partial charge < -0.3 is 9.64 Å². The Labute approximate surface area is 214 Å². The van der Waals surface area contributed by atoms with Crippen molar-refractivity contribution in [2.75, 3.05) is 18.0 Å². The number of aromatic nitrogens is 5. The van der Waals surface area contributed by atoms with Crippen LogP contribution in [-0.4, -0.2) is 43.0 Å². The van der Waals surface area contributed by atoms with Gasteiger partial charge in [-0.2, -0.15) is 18.3 Å². The first-order valence-electron chi connectivity index (χ1n) is 12.1. The molecule has 2 aliphatic rings. The number of hydrogen-bond donors (Lipinski definition) is 0. The van der Waals surface area contributed by atoms with E-state index in [1.807, 2.05) is 18.1 Å². The number of alkyl halides is 3. The van der Waals surface area contributed by atoms with Gasteiger partial charge in [-0.15, -0.1) is 0 Å². The number of nitrogens with zero attached hydrogens (tertiary/aromatic N) is 6. The van der Waals surface area contributed by atoms with Crippen LogP contribution in [0.15, 0.2) is 41.5 Å². The van der Waals surface area contributed by atoms with E-state index < -0.39 is 17.6 Å². The number of ether oxygens (including phenoxy) is 1. The fraction of sp³-hybridized carbons (Fsp3) is 0.385. The van der Waals surface area contributed by atoms with Crippen LogP contribution in [0.25, 0.3) is 22.2 Å². The number of morpholine rings is 1. The molecule has 0 unspecified atom stereocenters. The summed E-state index contributed by atoms with van der Waals surface area (Å²) in [7, 11) is 3.40. The average molecular weight is 529 g/mol. The van der Waals surface area contributed by atoms with Crippen LogP contribution < -0.4 is 10.5 Å². The summed E-state index contributed by atoms with van der Waals surface area (Å²) < 4.78 is 64.2. The molecule has 4 heterocycles.